The van der Waals surface area contributed by atoms with Gasteiger partial charge in [0.2, 0.25) is 10.0 Å². The monoisotopic (exact) mass is 393 g/mol. The molecule has 0 aromatic heterocycles. The van der Waals surface area contributed by atoms with Gasteiger partial charge in [-0.3, -0.25) is 10.1 Å². The summed E-state index contributed by atoms with van der Waals surface area (Å²) < 4.78 is 32.8. The van der Waals surface area contributed by atoms with Crippen molar-refractivity contribution in [3.8, 4) is 5.75 Å². The van der Waals surface area contributed by atoms with Crippen molar-refractivity contribution in [3.63, 3.8) is 0 Å². The average Bonchev–Trinajstić information content (AvgIpc) is 2.57. The zero-order valence-corrected chi connectivity index (χ0v) is 16.2. The van der Waals surface area contributed by atoms with Crippen molar-refractivity contribution in [2.75, 3.05) is 18.5 Å². The van der Waals surface area contributed by atoms with Crippen molar-refractivity contribution < 1.29 is 18.1 Å². The van der Waals surface area contributed by atoms with Crippen LogP contribution in [0.3, 0.4) is 0 Å². The van der Waals surface area contributed by atoms with Gasteiger partial charge in [0.25, 0.3) is 5.69 Å². The van der Waals surface area contributed by atoms with Gasteiger partial charge in [0, 0.05) is 18.2 Å². The molecule has 8 nitrogen and oxygen atoms in total. The van der Waals surface area contributed by atoms with Crippen LogP contribution in [0.25, 0.3) is 0 Å². The number of nitrogens with one attached hydrogen (secondary N) is 2. The number of anilines is 1. The fourth-order valence-corrected chi connectivity index (χ4v) is 3.75. The van der Waals surface area contributed by atoms with Gasteiger partial charge in [-0.05, 0) is 45.0 Å². The predicted molar refractivity (Wildman–Crippen MR) is 104 cm³/mol. The SMILES string of the molecule is CC(C)(C)NS(=O)(=O)c1ccc(NCCOc2ccccc2)c([N+](=O)[O-])c1. The fourth-order valence-electron chi connectivity index (χ4n) is 2.31. The van der Waals surface area contributed by atoms with Crippen LogP contribution in [-0.2, 0) is 10.0 Å². The first-order valence-corrected chi connectivity index (χ1v) is 9.81. The van der Waals surface area contributed by atoms with Gasteiger partial charge in [-0.15, -0.1) is 0 Å². The highest BCUT2D eigenvalue weighted by molar-refractivity contribution is 7.89. The number of rotatable bonds is 8. The maximum atomic E-state index is 12.4. The summed E-state index contributed by atoms with van der Waals surface area (Å²) in [6.07, 6.45) is 0. The highest BCUT2D eigenvalue weighted by Crippen LogP contribution is 2.28. The van der Waals surface area contributed by atoms with Crippen LogP contribution in [0, 0.1) is 10.1 Å². The molecule has 0 heterocycles. The minimum Gasteiger partial charge on any atom is -0.492 e. The molecule has 2 aromatic carbocycles. The van der Waals surface area contributed by atoms with Crippen molar-refractivity contribution in [3.05, 3.63) is 58.6 Å². The lowest BCUT2D eigenvalue weighted by molar-refractivity contribution is -0.384. The molecular formula is C18H23N3O5S. The summed E-state index contributed by atoms with van der Waals surface area (Å²) in [7, 11) is -3.86. The molecule has 0 fully saturated rings. The smallest absolute Gasteiger partial charge is 0.293 e. The lowest BCUT2D eigenvalue weighted by atomic mass is 10.1. The Hall–Kier alpha value is -2.65. The Kier molecular flexibility index (Phi) is 6.40. The Morgan fingerprint density at radius 3 is 2.37 bits per heavy atom. The zero-order valence-electron chi connectivity index (χ0n) is 15.4. The lowest BCUT2D eigenvalue weighted by Crippen LogP contribution is -2.40. The number of nitro groups is 1. The molecule has 0 saturated carbocycles. The molecule has 0 unspecified atom stereocenters. The van der Waals surface area contributed by atoms with Crippen molar-refractivity contribution >= 4 is 21.4 Å². The first-order chi connectivity index (χ1) is 12.6. The average molecular weight is 393 g/mol. The van der Waals surface area contributed by atoms with Gasteiger partial charge in [0.05, 0.1) is 9.82 Å². The summed E-state index contributed by atoms with van der Waals surface area (Å²) in [6, 6.07) is 13.0. The largest absolute Gasteiger partial charge is 0.492 e. The molecular weight excluding hydrogens is 370 g/mol. The number of para-hydroxylation sites is 1. The summed E-state index contributed by atoms with van der Waals surface area (Å²) in [5, 5.41) is 14.3. The Morgan fingerprint density at radius 2 is 1.78 bits per heavy atom. The third kappa shape index (κ3) is 6.22. The van der Waals surface area contributed by atoms with Crippen LogP contribution < -0.4 is 14.8 Å². The van der Waals surface area contributed by atoms with Gasteiger partial charge in [0.15, 0.2) is 0 Å². The predicted octanol–water partition coefficient (Wildman–Crippen LogP) is 3.16. The number of nitrogens with zero attached hydrogens (tertiary/aromatic N) is 1. The zero-order chi connectivity index (χ0) is 20.1. The van der Waals surface area contributed by atoms with E-state index in [4.69, 9.17) is 4.74 Å². The van der Waals surface area contributed by atoms with E-state index in [2.05, 4.69) is 10.0 Å². The maximum absolute atomic E-state index is 12.4. The molecule has 0 aliphatic heterocycles. The molecule has 0 amide bonds. The number of nitro benzene ring substituents is 1. The summed E-state index contributed by atoms with van der Waals surface area (Å²) in [5.74, 6) is 0.698. The molecule has 0 aliphatic rings. The number of benzene rings is 2. The first kappa shape index (κ1) is 20.7. The van der Waals surface area contributed by atoms with E-state index in [0.717, 1.165) is 6.07 Å². The van der Waals surface area contributed by atoms with Crippen LogP contribution in [0.1, 0.15) is 20.8 Å². The molecule has 0 saturated heterocycles. The van der Waals surface area contributed by atoms with Crippen LogP contribution in [0.4, 0.5) is 11.4 Å². The van der Waals surface area contributed by atoms with Crippen LogP contribution >= 0.6 is 0 Å². The Bertz CT molecular complexity index is 893. The van der Waals surface area contributed by atoms with Crippen LogP contribution in [0.5, 0.6) is 5.75 Å². The van der Waals surface area contributed by atoms with E-state index in [9.17, 15) is 18.5 Å². The first-order valence-electron chi connectivity index (χ1n) is 8.33. The second-order valence-corrected chi connectivity index (χ2v) is 8.56. The van der Waals surface area contributed by atoms with E-state index in [1.165, 1.54) is 12.1 Å². The molecule has 0 bridgehead atoms. The van der Waals surface area contributed by atoms with Gasteiger partial charge >= 0.3 is 0 Å². The van der Waals surface area contributed by atoms with Crippen LogP contribution in [0.15, 0.2) is 53.4 Å². The molecule has 2 N–H and O–H groups in total. The van der Waals surface area contributed by atoms with Crippen molar-refractivity contribution in [2.24, 2.45) is 0 Å². The van der Waals surface area contributed by atoms with E-state index >= 15 is 0 Å². The molecule has 27 heavy (non-hydrogen) atoms. The van der Waals surface area contributed by atoms with Crippen molar-refractivity contribution in [2.45, 2.75) is 31.2 Å². The van der Waals surface area contributed by atoms with Crippen LogP contribution in [0.2, 0.25) is 0 Å². The summed E-state index contributed by atoms with van der Waals surface area (Å²) >= 11 is 0. The molecule has 9 heteroatoms. The van der Waals surface area contributed by atoms with Gasteiger partial charge in [-0.25, -0.2) is 13.1 Å². The van der Waals surface area contributed by atoms with E-state index in [-0.39, 0.29) is 16.3 Å². The second kappa shape index (κ2) is 8.36. The third-order valence-corrected chi connectivity index (χ3v) is 5.10. The maximum Gasteiger partial charge on any atom is 0.293 e. The van der Waals surface area contributed by atoms with Crippen LogP contribution in [-0.4, -0.2) is 32.0 Å². The number of hydrogen-bond donors (Lipinski definition) is 2. The van der Waals surface area contributed by atoms with E-state index < -0.39 is 20.5 Å². The summed E-state index contributed by atoms with van der Waals surface area (Å²) in [5.41, 5.74) is -0.780. The fraction of sp³-hybridized carbons (Fsp3) is 0.333. The standard InChI is InChI=1S/C18H23N3O5S/c1-18(2,3)20-27(24,25)15-9-10-16(17(13-15)21(22)23)19-11-12-26-14-7-5-4-6-8-14/h4-10,13,19-20H,11-12H2,1-3H3. The number of hydrogen-bond acceptors (Lipinski definition) is 6. The molecule has 0 radical (unpaired) electrons. The molecule has 2 aromatic rings. The molecule has 2 rings (SSSR count). The molecule has 0 atom stereocenters. The van der Waals surface area contributed by atoms with E-state index in [0.29, 0.717) is 18.9 Å². The van der Waals surface area contributed by atoms with E-state index in [1.54, 1.807) is 20.8 Å². The molecule has 0 spiro atoms. The van der Waals surface area contributed by atoms with Gasteiger partial charge < -0.3 is 10.1 Å². The van der Waals surface area contributed by atoms with E-state index in [1.807, 2.05) is 30.3 Å². The Balaban J connectivity index is 2.10. The third-order valence-electron chi connectivity index (χ3n) is 3.35. The minimum absolute atomic E-state index is 0.157. The topological polar surface area (TPSA) is 111 Å². The van der Waals surface area contributed by atoms with Gasteiger partial charge in [-0.2, -0.15) is 0 Å². The molecule has 0 aliphatic carbocycles. The Morgan fingerprint density at radius 1 is 1.11 bits per heavy atom. The quantitative estimate of drug-likeness (QED) is 0.405. The lowest BCUT2D eigenvalue weighted by Gasteiger charge is -2.20. The van der Waals surface area contributed by atoms with Crippen molar-refractivity contribution in [1.29, 1.82) is 0 Å². The summed E-state index contributed by atoms with van der Waals surface area (Å²) in [4.78, 5) is 10.6. The summed E-state index contributed by atoms with van der Waals surface area (Å²) in [6.45, 7) is 5.71. The second-order valence-electron chi connectivity index (χ2n) is 6.88. The normalized spacial score (nSPS) is 11.8. The number of ether oxygens (including phenoxy) is 1. The van der Waals surface area contributed by atoms with Gasteiger partial charge in [-0.1, -0.05) is 18.2 Å². The minimum atomic E-state index is -3.86. The Labute approximate surface area is 158 Å². The molecule has 146 valence electrons. The highest BCUT2D eigenvalue weighted by Gasteiger charge is 2.25. The highest BCUT2D eigenvalue weighted by atomic mass is 32.2. The van der Waals surface area contributed by atoms with Gasteiger partial charge in [0.1, 0.15) is 18.0 Å². The van der Waals surface area contributed by atoms with Crippen molar-refractivity contribution in [1.82, 2.24) is 4.72 Å². The number of sulfonamides is 1.